The highest BCUT2D eigenvalue weighted by molar-refractivity contribution is 5.30. The van der Waals surface area contributed by atoms with Gasteiger partial charge in [0.25, 0.3) is 0 Å². The topological polar surface area (TPSA) is 39.2 Å². The van der Waals surface area contributed by atoms with E-state index >= 15 is 0 Å². The van der Waals surface area contributed by atoms with Crippen molar-refractivity contribution in [3.63, 3.8) is 0 Å². The van der Waals surface area contributed by atoms with E-state index in [1.54, 1.807) is 12.5 Å². The third-order valence-electron chi connectivity index (χ3n) is 2.34. The number of furan rings is 1. The summed E-state index contributed by atoms with van der Waals surface area (Å²) >= 11 is 0. The fourth-order valence-electron chi connectivity index (χ4n) is 1.42. The molecule has 0 bridgehead atoms. The zero-order valence-corrected chi connectivity index (χ0v) is 8.10. The molecule has 0 spiro atoms. The second-order valence-corrected chi connectivity index (χ2v) is 3.45. The molecule has 2 rings (SSSR count). The molecule has 0 saturated heterocycles. The molecule has 1 unspecified atom stereocenters. The van der Waals surface area contributed by atoms with Gasteiger partial charge in [-0.3, -0.25) is 0 Å². The number of aryl methyl sites for hydroxylation is 1. The van der Waals surface area contributed by atoms with E-state index in [0.717, 1.165) is 11.1 Å². The average molecular weight is 187 g/mol. The van der Waals surface area contributed by atoms with Crippen LogP contribution in [0.4, 0.5) is 0 Å². The highest BCUT2D eigenvalue weighted by atomic mass is 16.3. The Morgan fingerprint density at radius 2 is 1.79 bits per heavy atom. The van der Waals surface area contributed by atoms with Gasteiger partial charge in [0.1, 0.15) is 0 Å². The molecule has 2 nitrogen and oxygen atoms in total. The average Bonchev–Trinajstić information content (AvgIpc) is 2.71. The Bertz CT molecular complexity index is 389. The van der Waals surface area contributed by atoms with Crippen LogP contribution in [0.25, 0.3) is 0 Å². The summed E-state index contributed by atoms with van der Waals surface area (Å²) in [5.41, 5.74) is 9.41. The van der Waals surface area contributed by atoms with E-state index in [9.17, 15) is 0 Å². The standard InChI is InChI=1S/C12H13NO/c1-9-2-4-10(5-3-9)12(13)11-6-7-14-8-11/h2-8,12H,13H2,1H3. The summed E-state index contributed by atoms with van der Waals surface area (Å²) in [7, 11) is 0. The van der Waals surface area contributed by atoms with Crippen LogP contribution in [0.1, 0.15) is 22.7 Å². The van der Waals surface area contributed by atoms with Crippen molar-refractivity contribution in [2.75, 3.05) is 0 Å². The van der Waals surface area contributed by atoms with Crippen LogP contribution in [0.2, 0.25) is 0 Å². The molecule has 0 aliphatic heterocycles. The maximum atomic E-state index is 6.05. The zero-order valence-electron chi connectivity index (χ0n) is 8.10. The zero-order chi connectivity index (χ0) is 9.97. The summed E-state index contributed by atoms with van der Waals surface area (Å²) in [4.78, 5) is 0. The van der Waals surface area contributed by atoms with Gasteiger partial charge in [-0.15, -0.1) is 0 Å². The lowest BCUT2D eigenvalue weighted by Gasteiger charge is -2.09. The van der Waals surface area contributed by atoms with Gasteiger partial charge in [-0.1, -0.05) is 29.8 Å². The van der Waals surface area contributed by atoms with Gasteiger partial charge >= 0.3 is 0 Å². The van der Waals surface area contributed by atoms with E-state index in [4.69, 9.17) is 10.2 Å². The number of benzene rings is 1. The van der Waals surface area contributed by atoms with Gasteiger partial charge in [-0.25, -0.2) is 0 Å². The van der Waals surface area contributed by atoms with Crippen LogP contribution in [0.5, 0.6) is 0 Å². The molecule has 2 N–H and O–H groups in total. The minimum absolute atomic E-state index is 0.0886. The summed E-state index contributed by atoms with van der Waals surface area (Å²) in [6, 6.07) is 10.0. The smallest absolute Gasteiger partial charge is 0.0953 e. The summed E-state index contributed by atoms with van der Waals surface area (Å²) in [6.07, 6.45) is 3.33. The molecule has 0 fully saturated rings. The van der Waals surface area contributed by atoms with Gasteiger partial charge in [-0.2, -0.15) is 0 Å². The molecule has 2 aromatic rings. The van der Waals surface area contributed by atoms with E-state index in [-0.39, 0.29) is 6.04 Å². The maximum absolute atomic E-state index is 6.05. The Hall–Kier alpha value is -1.54. The Morgan fingerprint density at radius 1 is 1.07 bits per heavy atom. The molecule has 1 heterocycles. The Labute approximate surface area is 83.4 Å². The van der Waals surface area contributed by atoms with E-state index in [1.165, 1.54) is 5.56 Å². The second kappa shape index (κ2) is 3.68. The van der Waals surface area contributed by atoms with Crippen LogP contribution >= 0.6 is 0 Å². The third kappa shape index (κ3) is 1.70. The third-order valence-corrected chi connectivity index (χ3v) is 2.34. The van der Waals surface area contributed by atoms with Crippen LogP contribution in [-0.2, 0) is 0 Å². The maximum Gasteiger partial charge on any atom is 0.0953 e. The van der Waals surface area contributed by atoms with Crippen LogP contribution in [0, 0.1) is 6.92 Å². The van der Waals surface area contributed by atoms with E-state index in [1.807, 2.05) is 18.2 Å². The fraction of sp³-hybridized carbons (Fsp3) is 0.167. The highest BCUT2D eigenvalue weighted by Gasteiger charge is 2.08. The first-order valence-corrected chi connectivity index (χ1v) is 4.61. The molecule has 0 saturated carbocycles. The van der Waals surface area contributed by atoms with Crippen molar-refractivity contribution >= 4 is 0 Å². The molecule has 2 heteroatoms. The predicted molar refractivity (Wildman–Crippen MR) is 55.9 cm³/mol. The molecule has 0 radical (unpaired) electrons. The van der Waals surface area contributed by atoms with Crippen LogP contribution in [0.3, 0.4) is 0 Å². The van der Waals surface area contributed by atoms with Crippen molar-refractivity contribution in [3.05, 3.63) is 59.5 Å². The molecule has 1 atom stereocenters. The van der Waals surface area contributed by atoms with E-state index < -0.39 is 0 Å². The van der Waals surface area contributed by atoms with E-state index in [0.29, 0.717) is 0 Å². The van der Waals surface area contributed by atoms with Crippen molar-refractivity contribution in [1.82, 2.24) is 0 Å². The first-order chi connectivity index (χ1) is 6.77. The molecule has 14 heavy (non-hydrogen) atoms. The Morgan fingerprint density at radius 3 is 2.36 bits per heavy atom. The molecule has 0 aliphatic carbocycles. The first-order valence-electron chi connectivity index (χ1n) is 4.61. The first kappa shape index (κ1) is 9.03. The van der Waals surface area contributed by atoms with Crippen molar-refractivity contribution < 1.29 is 4.42 Å². The van der Waals surface area contributed by atoms with Crippen molar-refractivity contribution in [2.24, 2.45) is 5.73 Å². The number of hydrogen-bond acceptors (Lipinski definition) is 2. The van der Waals surface area contributed by atoms with Gasteiger partial charge < -0.3 is 10.2 Å². The lowest BCUT2D eigenvalue weighted by Crippen LogP contribution is -2.10. The molecule has 72 valence electrons. The molecule has 0 aliphatic rings. The quantitative estimate of drug-likeness (QED) is 0.785. The van der Waals surface area contributed by atoms with Crippen LogP contribution < -0.4 is 5.73 Å². The van der Waals surface area contributed by atoms with E-state index in [2.05, 4.69) is 19.1 Å². The number of nitrogens with two attached hydrogens (primary N) is 1. The SMILES string of the molecule is Cc1ccc(C(N)c2ccoc2)cc1. The summed E-state index contributed by atoms with van der Waals surface area (Å²) in [5.74, 6) is 0. The molecular formula is C12H13NO. The largest absolute Gasteiger partial charge is 0.472 e. The molecule has 1 aromatic heterocycles. The summed E-state index contributed by atoms with van der Waals surface area (Å²) in [5, 5.41) is 0. The Balaban J connectivity index is 2.28. The van der Waals surface area contributed by atoms with Gasteiger partial charge in [-0.05, 0) is 18.6 Å². The lowest BCUT2D eigenvalue weighted by atomic mass is 10.0. The normalized spacial score (nSPS) is 12.7. The summed E-state index contributed by atoms with van der Waals surface area (Å²) < 4.78 is 5.00. The highest BCUT2D eigenvalue weighted by Crippen LogP contribution is 2.19. The minimum atomic E-state index is -0.0886. The monoisotopic (exact) mass is 187 g/mol. The molecular weight excluding hydrogens is 174 g/mol. The number of rotatable bonds is 2. The van der Waals surface area contributed by atoms with Crippen molar-refractivity contribution in [2.45, 2.75) is 13.0 Å². The van der Waals surface area contributed by atoms with Gasteiger partial charge in [0.2, 0.25) is 0 Å². The molecule has 1 aromatic carbocycles. The Kier molecular flexibility index (Phi) is 2.37. The number of hydrogen-bond donors (Lipinski definition) is 1. The van der Waals surface area contributed by atoms with Gasteiger partial charge in [0, 0.05) is 5.56 Å². The fourth-order valence-corrected chi connectivity index (χ4v) is 1.42. The molecule has 0 amide bonds. The van der Waals surface area contributed by atoms with Gasteiger partial charge in [0.05, 0.1) is 18.6 Å². The van der Waals surface area contributed by atoms with Crippen LogP contribution in [0.15, 0.2) is 47.3 Å². The lowest BCUT2D eigenvalue weighted by molar-refractivity contribution is 0.562. The summed E-state index contributed by atoms with van der Waals surface area (Å²) in [6.45, 7) is 2.06. The minimum Gasteiger partial charge on any atom is -0.472 e. The van der Waals surface area contributed by atoms with Crippen molar-refractivity contribution in [3.8, 4) is 0 Å². The van der Waals surface area contributed by atoms with Crippen molar-refractivity contribution in [1.29, 1.82) is 0 Å². The predicted octanol–water partition coefficient (Wildman–Crippen LogP) is 2.64. The van der Waals surface area contributed by atoms with Gasteiger partial charge in [0.15, 0.2) is 0 Å². The van der Waals surface area contributed by atoms with Crippen LogP contribution in [-0.4, -0.2) is 0 Å². The second-order valence-electron chi connectivity index (χ2n) is 3.45.